The minimum absolute atomic E-state index is 0.867. The molecule has 2 rings (SSSR count). The van der Waals surface area contributed by atoms with Crippen molar-refractivity contribution >= 4 is 0 Å². The van der Waals surface area contributed by atoms with Gasteiger partial charge in [-0.3, -0.25) is 0 Å². The molecule has 2 aliphatic rings. The molecular weight excluding hydrogens is 232 g/mol. The van der Waals surface area contributed by atoms with Crippen molar-refractivity contribution in [2.45, 2.75) is 78.1 Å². The molecule has 0 bridgehead atoms. The zero-order valence-corrected chi connectivity index (χ0v) is 13.2. The van der Waals surface area contributed by atoms with Crippen LogP contribution < -0.4 is 0 Å². The Hall–Kier alpha value is -0.0400. The van der Waals surface area contributed by atoms with Gasteiger partial charge in [-0.1, -0.05) is 58.3 Å². The molecule has 2 saturated carbocycles. The molecule has 0 N–H and O–H groups in total. The molecule has 0 aromatic rings. The predicted octanol–water partition coefficient (Wildman–Crippen LogP) is 5.44. The van der Waals surface area contributed by atoms with E-state index in [9.17, 15) is 0 Å². The standard InChI is InChI=1S/C18H34O/c1-3-19-14-18-12-10-17(11-13-18)9-8-16-6-4-15(2)5-7-16/h15-18H,3-14H2,1-2H3/t15-,16-,17?,18?. The third-order valence-corrected chi connectivity index (χ3v) is 5.64. The number of ether oxygens (including phenoxy) is 1. The van der Waals surface area contributed by atoms with Crippen molar-refractivity contribution in [2.24, 2.45) is 23.7 Å². The zero-order valence-electron chi connectivity index (χ0n) is 13.2. The van der Waals surface area contributed by atoms with E-state index in [1.54, 1.807) is 0 Å². The van der Waals surface area contributed by atoms with E-state index in [1.807, 2.05) is 0 Å². The third-order valence-electron chi connectivity index (χ3n) is 5.64. The van der Waals surface area contributed by atoms with E-state index >= 15 is 0 Å². The van der Waals surface area contributed by atoms with Crippen LogP contribution in [0.15, 0.2) is 0 Å². The topological polar surface area (TPSA) is 9.23 Å². The Kier molecular flexibility index (Phi) is 6.70. The summed E-state index contributed by atoms with van der Waals surface area (Å²) >= 11 is 0. The molecule has 0 saturated heterocycles. The van der Waals surface area contributed by atoms with Gasteiger partial charge in [0.2, 0.25) is 0 Å². The maximum atomic E-state index is 5.57. The van der Waals surface area contributed by atoms with Crippen LogP contribution in [0.2, 0.25) is 0 Å². The lowest BCUT2D eigenvalue weighted by atomic mass is 9.76. The summed E-state index contributed by atoms with van der Waals surface area (Å²) in [6, 6.07) is 0. The van der Waals surface area contributed by atoms with Crippen LogP contribution in [-0.2, 0) is 4.74 Å². The Labute approximate surface area is 120 Å². The quantitative estimate of drug-likeness (QED) is 0.622. The highest BCUT2D eigenvalue weighted by atomic mass is 16.5. The molecule has 0 atom stereocenters. The van der Waals surface area contributed by atoms with Gasteiger partial charge in [0, 0.05) is 13.2 Å². The van der Waals surface area contributed by atoms with Crippen LogP contribution in [-0.4, -0.2) is 13.2 Å². The fraction of sp³-hybridized carbons (Fsp3) is 1.00. The number of hydrogen-bond donors (Lipinski definition) is 0. The molecule has 0 amide bonds. The SMILES string of the molecule is CCOCC1CCC(CC[C@H]2CC[C@H](C)CC2)CC1. The Morgan fingerprint density at radius 3 is 1.74 bits per heavy atom. The van der Waals surface area contributed by atoms with Gasteiger partial charge >= 0.3 is 0 Å². The van der Waals surface area contributed by atoms with Crippen LogP contribution in [0.3, 0.4) is 0 Å². The molecule has 0 aliphatic heterocycles. The van der Waals surface area contributed by atoms with Crippen molar-refractivity contribution in [3.05, 3.63) is 0 Å². The summed E-state index contributed by atoms with van der Waals surface area (Å²) in [5.41, 5.74) is 0. The first kappa shape index (κ1) is 15.4. The van der Waals surface area contributed by atoms with Gasteiger partial charge in [-0.05, 0) is 43.4 Å². The van der Waals surface area contributed by atoms with Gasteiger partial charge in [-0.2, -0.15) is 0 Å². The van der Waals surface area contributed by atoms with Crippen LogP contribution in [0.5, 0.6) is 0 Å². The number of rotatable bonds is 6. The summed E-state index contributed by atoms with van der Waals surface area (Å²) in [6.07, 6.45) is 14.8. The largest absolute Gasteiger partial charge is 0.381 e. The molecule has 0 aromatic carbocycles. The number of hydrogen-bond acceptors (Lipinski definition) is 1. The summed E-state index contributed by atoms with van der Waals surface area (Å²) in [7, 11) is 0. The Bertz CT molecular complexity index is 222. The van der Waals surface area contributed by atoms with Gasteiger partial charge in [-0.25, -0.2) is 0 Å². The highest BCUT2D eigenvalue weighted by Gasteiger charge is 2.23. The second-order valence-electron chi connectivity index (χ2n) is 7.25. The molecule has 19 heavy (non-hydrogen) atoms. The lowest BCUT2D eigenvalue weighted by Gasteiger charge is -2.31. The van der Waals surface area contributed by atoms with E-state index in [0.717, 1.165) is 36.9 Å². The maximum Gasteiger partial charge on any atom is 0.0494 e. The Morgan fingerprint density at radius 1 is 0.737 bits per heavy atom. The van der Waals surface area contributed by atoms with Gasteiger partial charge in [0.25, 0.3) is 0 Å². The molecule has 0 aromatic heterocycles. The average molecular weight is 266 g/mol. The molecule has 0 radical (unpaired) electrons. The molecule has 0 unspecified atom stereocenters. The summed E-state index contributed by atoms with van der Waals surface area (Å²) in [5.74, 6) is 3.98. The molecule has 0 spiro atoms. The second-order valence-corrected chi connectivity index (χ2v) is 7.25. The third kappa shape index (κ3) is 5.45. The predicted molar refractivity (Wildman–Crippen MR) is 82.3 cm³/mol. The fourth-order valence-electron chi connectivity index (χ4n) is 4.06. The molecular formula is C18H34O. The first-order chi connectivity index (χ1) is 9.28. The lowest BCUT2D eigenvalue weighted by molar-refractivity contribution is 0.0843. The molecule has 0 heterocycles. The summed E-state index contributed by atoms with van der Waals surface area (Å²) in [6.45, 7) is 6.44. The Morgan fingerprint density at radius 2 is 1.21 bits per heavy atom. The van der Waals surface area contributed by atoms with Crippen molar-refractivity contribution in [3.8, 4) is 0 Å². The van der Waals surface area contributed by atoms with E-state index in [-0.39, 0.29) is 0 Å². The molecule has 2 aliphatic carbocycles. The first-order valence-electron chi connectivity index (χ1n) is 8.85. The molecule has 2 fully saturated rings. The molecule has 1 nitrogen and oxygen atoms in total. The summed E-state index contributed by atoms with van der Waals surface area (Å²) < 4.78 is 5.57. The van der Waals surface area contributed by atoms with E-state index in [4.69, 9.17) is 4.74 Å². The smallest absolute Gasteiger partial charge is 0.0494 e. The van der Waals surface area contributed by atoms with Crippen molar-refractivity contribution in [1.29, 1.82) is 0 Å². The molecule has 112 valence electrons. The van der Waals surface area contributed by atoms with E-state index in [0.29, 0.717) is 0 Å². The normalized spacial score (nSPS) is 36.3. The first-order valence-corrected chi connectivity index (χ1v) is 8.85. The monoisotopic (exact) mass is 266 g/mol. The van der Waals surface area contributed by atoms with Gasteiger partial charge in [0.1, 0.15) is 0 Å². The van der Waals surface area contributed by atoms with E-state index in [2.05, 4.69) is 13.8 Å². The van der Waals surface area contributed by atoms with Gasteiger partial charge in [0.05, 0.1) is 0 Å². The minimum Gasteiger partial charge on any atom is -0.381 e. The van der Waals surface area contributed by atoms with Gasteiger partial charge in [-0.15, -0.1) is 0 Å². The highest BCUT2D eigenvalue weighted by molar-refractivity contribution is 4.75. The minimum atomic E-state index is 0.867. The Balaban J connectivity index is 1.55. The van der Waals surface area contributed by atoms with Gasteiger partial charge < -0.3 is 4.74 Å². The van der Waals surface area contributed by atoms with Crippen LogP contribution in [0, 0.1) is 23.7 Å². The van der Waals surface area contributed by atoms with E-state index < -0.39 is 0 Å². The lowest BCUT2D eigenvalue weighted by Crippen LogP contribution is -2.20. The van der Waals surface area contributed by atoms with Crippen molar-refractivity contribution in [1.82, 2.24) is 0 Å². The van der Waals surface area contributed by atoms with Crippen LogP contribution in [0.4, 0.5) is 0 Å². The van der Waals surface area contributed by atoms with Crippen LogP contribution in [0.25, 0.3) is 0 Å². The zero-order chi connectivity index (χ0) is 13.5. The average Bonchev–Trinajstić information content (AvgIpc) is 2.46. The fourth-order valence-corrected chi connectivity index (χ4v) is 4.06. The summed E-state index contributed by atoms with van der Waals surface area (Å²) in [5, 5.41) is 0. The van der Waals surface area contributed by atoms with Crippen molar-refractivity contribution < 1.29 is 4.74 Å². The maximum absolute atomic E-state index is 5.57. The summed E-state index contributed by atoms with van der Waals surface area (Å²) in [4.78, 5) is 0. The van der Waals surface area contributed by atoms with Crippen molar-refractivity contribution in [2.75, 3.05) is 13.2 Å². The van der Waals surface area contributed by atoms with Crippen LogP contribution >= 0.6 is 0 Å². The van der Waals surface area contributed by atoms with E-state index in [1.165, 1.54) is 64.2 Å². The highest BCUT2D eigenvalue weighted by Crippen LogP contribution is 2.36. The second kappa shape index (κ2) is 8.29. The van der Waals surface area contributed by atoms with Crippen LogP contribution in [0.1, 0.15) is 78.1 Å². The van der Waals surface area contributed by atoms with Crippen molar-refractivity contribution in [3.63, 3.8) is 0 Å². The molecule has 1 heteroatoms. The van der Waals surface area contributed by atoms with Gasteiger partial charge in [0.15, 0.2) is 0 Å².